The lowest BCUT2D eigenvalue weighted by Gasteiger charge is -2.24. The van der Waals surface area contributed by atoms with Crippen molar-refractivity contribution in [1.29, 1.82) is 0 Å². The molecule has 0 radical (unpaired) electrons. The first-order valence-corrected chi connectivity index (χ1v) is 13.4. The summed E-state index contributed by atoms with van der Waals surface area (Å²) in [7, 11) is 0. The van der Waals surface area contributed by atoms with Crippen LogP contribution < -0.4 is 19.1 Å². The Labute approximate surface area is 223 Å². The maximum atomic E-state index is 13.7. The second kappa shape index (κ2) is 13.7. The van der Waals surface area contributed by atoms with E-state index in [1.165, 1.54) is 11.3 Å². The molecular formula is C27H36ClN3O4S. The third-order valence-electron chi connectivity index (χ3n) is 6.17. The van der Waals surface area contributed by atoms with E-state index in [0.717, 1.165) is 60.6 Å². The van der Waals surface area contributed by atoms with E-state index in [2.05, 4.69) is 25.7 Å². The van der Waals surface area contributed by atoms with Gasteiger partial charge >= 0.3 is 0 Å². The number of fused-ring (bicyclic) bond motifs is 2. The van der Waals surface area contributed by atoms with Crippen molar-refractivity contribution in [3.63, 3.8) is 0 Å². The molecule has 0 unspecified atom stereocenters. The molecule has 0 saturated carbocycles. The fourth-order valence-corrected chi connectivity index (χ4v) is 5.03. The van der Waals surface area contributed by atoms with Crippen LogP contribution in [-0.2, 0) is 0 Å². The molecule has 36 heavy (non-hydrogen) atoms. The van der Waals surface area contributed by atoms with Gasteiger partial charge in [-0.1, -0.05) is 44.9 Å². The highest BCUT2D eigenvalue weighted by Crippen LogP contribution is 2.39. The van der Waals surface area contributed by atoms with Gasteiger partial charge in [0.2, 0.25) is 0 Å². The minimum absolute atomic E-state index is 0. The molecular weight excluding hydrogens is 498 g/mol. The normalized spacial score (nSPS) is 12.4. The Morgan fingerprint density at radius 1 is 1.00 bits per heavy atom. The number of likely N-dealkylation sites (N-methyl/N-ethyl adjacent to an activating group) is 1. The third kappa shape index (κ3) is 6.81. The van der Waals surface area contributed by atoms with E-state index in [4.69, 9.17) is 19.2 Å². The molecule has 1 aromatic heterocycles. The maximum Gasteiger partial charge on any atom is 0.260 e. The van der Waals surface area contributed by atoms with Gasteiger partial charge in [0, 0.05) is 30.8 Å². The molecule has 2 aromatic carbocycles. The van der Waals surface area contributed by atoms with Gasteiger partial charge in [-0.2, -0.15) is 0 Å². The summed E-state index contributed by atoms with van der Waals surface area (Å²) in [5.41, 5.74) is 1.43. The number of thiazole rings is 1. The highest BCUT2D eigenvalue weighted by molar-refractivity contribution is 7.22. The number of amides is 1. The van der Waals surface area contributed by atoms with Gasteiger partial charge in [-0.15, -0.1) is 12.4 Å². The van der Waals surface area contributed by atoms with Crippen molar-refractivity contribution in [3.05, 3.63) is 42.0 Å². The highest BCUT2D eigenvalue weighted by Gasteiger charge is 2.23. The van der Waals surface area contributed by atoms with Gasteiger partial charge < -0.3 is 19.1 Å². The number of carbonyl (C=O) groups is 1. The maximum absolute atomic E-state index is 13.7. The average Bonchev–Trinajstić information content (AvgIpc) is 3.30. The molecule has 0 spiro atoms. The first kappa shape index (κ1) is 28.0. The number of ether oxygens (including phenoxy) is 3. The lowest BCUT2D eigenvalue weighted by Crippen LogP contribution is -2.38. The lowest BCUT2D eigenvalue weighted by atomic mass is 10.2. The lowest BCUT2D eigenvalue weighted by molar-refractivity contribution is 0.0983. The van der Waals surface area contributed by atoms with Crippen LogP contribution in [-0.4, -0.2) is 61.8 Å². The Morgan fingerprint density at radius 3 is 2.36 bits per heavy atom. The number of hydrogen-bond acceptors (Lipinski definition) is 7. The van der Waals surface area contributed by atoms with Gasteiger partial charge in [0.05, 0.1) is 16.8 Å². The Kier molecular flexibility index (Phi) is 10.6. The van der Waals surface area contributed by atoms with Crippen LogP contribution in [0, 0.1) is 0 Å². The zero-order valence-corrected chi connectivity index (χ0v) is 23.0. The number of carbonyl (C=O) groups excluding carboxylic acids is 1. The summed E-state index contributed by atoms with van der Waals surface area (Å²) in [5, 5.41) is 0.680. The standard InChI is InChI=1S/C27H35N3O4S.ClH/c1-4-7-8-15-32-21-11-9-20(10-12-21)26(31)30(14-13-29(5-2)6-3)27-28-22-18-23-24(19-25(22)35-27)34-17-16-33-23;/h9-12,18-19H,4-8,13-17H2,1-3H3;1H. The molecule has 9 heteroatoms. The SMILES string of the molecule is CCCCCOc1ccc(C(=O)N(CCN(CC)CC)c2nc3cc4c(cc3s2)OCCO4)cc1.Cl. The van der Waals surface area contributed by atoms with E-state index in [0.29, 0.717) is 42.8 Å². The largest absolute Gasteiger partial charge is 0.494 e. The smallest absolute Gasteiger partial charge is 0.260 e. The van der Waals surface area contributed by atoms with Crippen molar-refractivity contribution in [1.82, 2.24) is 9.88 Å². The fraction of sp³-hybridized carbons (Fsp3) is 0.481. The molecule has 2 heterocycles. The Balaban J connectivity index is 0.00000361. The van der Waals surface area contributed by atoms with Crippen molar-refractivity contribution in [2.24, 2.45) is 0 Å². The monoisotopic (exact) mass is 533 g/mol. The Hall–Kier alpha value is -2.55. The number of unbranched alkanes of at least 4 members (excludes halogenated alkanes) is 2. The van der Waals surface area contributed by atoms with E-state index in [1.54, 1.807) is 4.90 Å². The van der Waals surface area contributed by atoms with Gasteiger partial charge in [0.15, 0.2) is 16.6 Å². The third-order valence-corrected chi connectivity index (χ3v) is 7.21. The van der Waals surface area contributed by atoms with Crippen molar-refractivity contribution in [3.8, 4) is 17.2 Å². The second-order valence-corrected chi connectivity index (χ2v) is 9.53. The van der Waals surface area contributed by atoms with Crippen LogP contribution in [0.25, 0.3) is 10.2 Å². The Morgan fingerprint density at radius 2 is 1.69 bits per heavy atom. The zero-order valence-electron chi connectivity index (χ0n) is 21.3. The van der Waals surface area contributed by atoms with E-state index >= 15 is 0 Å². The number of anilines is 1. The summed E-state index contributed by atoms with van der Waals surface area (Å²) in [5.74, 6) is 2.16. The van der Waals surface area contributed by atoms with Crippen LogP contribution in [0.1, 0.15) is 50.4 Å². The fourth-order valence-electron chi connectivity index (χ4n) is 4.03. The molecule has 0 fully saturated rings. The van der Waals surface area contributed by atoms with Gasteiger partial charge in [-0.25, -0.2) is 4.98 Å². The van der Waals surface area contributed by atoms with E-state index in [-0.39, 0.29) is 18.3 Å². The summed E-state index contributed by atoms with van der Waals surface area (Å²) >= 11 is 1.50. The molecule has 0 N–H and O–H groups in total. The summed E-state index contributed by atoms with van der Waals surface area (Å²) in [6.07, 6.45) is 3.35. The molecule has 0 saturated heterocycles. The number of hydrogen-bond donors (Lipinski definition) is 0. The van der Waals surface area contributed by atoms with E-state index < -0.39 is 0 Å². The number of aromatic nitrogens is 1. The molecule has 196 valence electrons. The number of benzene rings is 2. The number of halogens is 1. The van der Waals surface area contributed by atoms with E-state index in [1.807, 2.05) is 36.4 Å². The van der Waals surface area contributed by atoms with Gasteiger partial charge in [-0.05, 0) is 43.8 Å². The van der Waals surface area contributed by atoms with Crippen LogP contribution >= 0.6 is 23.7 Å². The first-order chi connectivity index (χ1) is 17.1. The molecule has 7 nitrogen and oxygen atoms in total. The minimum atomic E-state index is -0.0639. The topological polar surface area (TPSA) is 64.1 Å². The van der Waals surface area contributed by atoms with Crippen molar-refractivity contribution in [2.45, 2.75) is 40.0 Å². The van der Waals surface area contributed by atoms with Crippen LogP contribution in [0.3, 0.4) is 0 Å². The van der Waals surface area contributed by atoms with Crippen molar-refractivity contribution < 1.29 is 19.0 Å². The summed E-state index contributed by atoms with van der Waals surface area (Å²) in [6.45, 7) is 11.4. The van der Waals surface area contributed by atoms with Crippen LogP contribution in [0.15, 0.2) is 36.4 Å². The zero-order chi connectivity index (χ0) is 24.6. The summed E-state index contributed by atoms with van der Waals surface area (Å²) < 4.78 is 18.2. The molecule has 3 aromatic rings. The molecule has 4 rings (SSSR count). The van der Waals surface area contributed by atoms with Gasteiger partial charge in [-0.3, -0.25) is 9.69 Å². The van der Waals surface area contributed by atoms with Crippen molar-refractivity contribution >= 4 is 45.0 Å². The highest BCUT2D eigenvalue weighted by atomic mass is 35.5. The number of nitrogens with zero attached hydrogens (tertiary/aromatic N) is 3. The van der Waals surface area contributed by atoms with Crippen LogP contribution in [0.5, 0.6) is 17.2 Å². The minimum Gasteiger partial charge on any atom is -0.494 e. The van der Waals surface area contributed by atoms with Crippen LogP contribution in [0.4, 0.5) is 5.13 Å². The molecule has 1 aliphatic heterocycles. The molecule has 0 atom stereocenters. The predicted molar refractivity (Wildman–Crippen MR) is 149 cm³/mol. The predicted octanol–water partition coefficient (Wildman–Crippen LogP) is 6.05. The van der Waals surface area contributed by atoms with Crippen LogP contribution in [0.2, 0.25) is 0 Å². The molecule has 0 aliphatic carbocycles. The molecule has 1 aliphatic rings. The molecule has 0 bridgehead atoms. The Bertz CT molecular complexity index is 1080. The quantitative estimate of drug-likeness (QED) is 0.264. The second-order valence-electron chi connectivity index (χ2n) is 8.52. The summed E-state index contributed by atoms with van der Waals surface area (Å²) in [6, 6.07) is 11.3. The van der Waals surface area contributed by atoms with Gasteiger partial charge in [0.25, 0.3) is 5.91 Å². The van der Waals surface area contributed by atoms with Crippen molar-refractivity contribution in [2.75, 3.05) is 50.9 Å². The average molecular weight is 534 g/mol. The number of rotatable bonds is 12. The summed E-state index contributed by atoms with van der Waals surface area (Å²) in [4.78, 5) is 22.6. The van der Waals surface area contributed by atoms with E-state index in [9.17, 15) is 4.79 Å². The van der Waals surface area contributed by atoms with Gasteiger partial charge in [0.1, 0.15) is 19.0 Å². The molecule has 1 amide bonds. The first-order valence-electron chi connectivity index (χ1n) is 12.6.